The standard InChI is InChI=1S/C30H28ClFN2O6/c1-4-33-26(36)18-9-8-16-19(24(18)28(33)38)13-20-27(37)34(14-5-10-22(32)21(31)11-14)29(39)30(20,2)25(16)17-7-6-15(40-3)12-23(17)35/h5-8,10-12,18-20,24-25,35H,4,9,13H2,1-3H3. The molecule has 2 aromatic rings. The molecule has 2 heterocycles. The number of allylic oxidation sites excluding steroid dienone is 2. The summed E-state index contributed by atoms with van der Waals surface area (Å²) in [5.74, 6) is -5.16. The van der Waals surface area contributed by atoms with Crippen LogP contribution in [0.5, 0.6) is 11.5 Å². The summed E-state index contributed by atoms with van der Waals surface area (Å²) >= 11 is 6.01. The number of fused-ring (bicyclic) bond motifs is 4. The van der Waals surface area contributed by atoms with Gasteiger partial charge in [-0.25, -0.2) is 9.29 Å². The molecule has 3 fully saturated rings. The molecule has 4 amide bonds. The van der Waals surface area contributed by atoms with Crippen molar-refractivity contribution in [1.29, 1.82) is 0 Å². The molecule has 6 rings (SSSR count). The van der Waals surface area contributed by atoms with Crippen molar-refractivity contribution in [3.63, 3.8) is 0 Å². The van der Waals surface area contributed by atoms with Crippen molar-refractivity contribution in [2.24, 2.45) is 29.1 Å². The van der Waals surface area contributed by atoms with Crippen LogP contribution in [0.2, 0.25) is 5.02 Å². The van der Waals surface area contributed by atoms with Gasteiger partial charge >= 0.3 is 0 Å². The average molecular weight is 567 g/mol. The molecule has 10 heteroatoms. The van der Waals surface area contributed by atoms with E-state index >= 15 is 0 Å². The number of hydrogen-bond donors (Lipinski definition) is 1. The molecule has 1 N–H and O–H groups in total. The van der Waals surface area contributed by atoms with Gasteiger partial charge in [-0.05, 0) is 56.9 Å². The number of methoxy groups -OCH3 is 1. The molecule has 0 radical (unpaired) electrons. The van der Waals surface area contributed by atoms with E-state index in [2.05, 4.69) is 0 Å². The number of phenols is 1. The summed E-state index contributed by atoms with van der Waals surface area (Å²) in [6.45, 7) is 3.72. The summed E-state index contributed by atoms with van der Waals surface area (Å²) < 4.78 is 19.2. The highest BCUT2D eigenvalue weighted by atomic mass is 35.5. The zero-order chi connectivity index (χ0) is 28.7. The summed E-state index contributed by atoms with van der Waals surface area (Å²) in [5, 5.41) is 10.9. The molecule has 2 aliphatic carbocycles. The van der Waals surface area contributed by atoms with Crippen LogP contribution in [0.25, 0.3) is 0 Å². The quantitative estimate of drug-likeness (QED) is 0.433. The fraction of sp³-hybridized carbons (Fsp3) is 0.400. The molecule has 6 unspecified atom stereocenters. The van der Waals surface area contributed by atoms with E-state index in [1.165, 1.54) is 30.2 Å². The van der Waals surface area contributed by atoms with E-state index < -0.39 is 52.6 Å². The second-order valence-electron chi connectivity index (χ2n) is 11.1. The number of imide groups is 2. The van der Waals surface area contributed by atoms with Gasteiger partial charge in [-0.3, -0.25) is 24.1 Å². The molecule has 4 aliphatic rings. The number of anilines is 1. The first-order valence-electron chi connectivity index (χ1n) is 13.3. The molecule has 0 aromatic heterocycles. The first kappa shape index (κ1) is 26.5. The minimum atomic E-state index is -1.34. The lowest BCUT2D eigenvalue weighted by atomic mass is 9.51. The van der Waals surface area contributed by atoms with Gasteiger partial charge in [0.15, 0.2) is 0 Å². The number of amides is 4. The molecule has 2 saturated heterocycles. The third kappa shape index (κ3) is 3.43. The topological polar surface area (TPSA) is 104 Å². The van der Waals surface area contributed by atoms with Crippen LogP contribution >= 0.6 is 11.6 Å². The Hall–Kier alpha value is -3.72. The molecular formula is C30H28ClFN2O6. The van der Waals surface area contributed by atoms with E-state index in [0.717, 1.165) is 16.5 Å². The highest BCUT2D eigenvalue weighted by Crippen LogP contribution is 2.64. The molecular weight excluding hydrogens is 539 g/mol. The van der Waals surface area contributed by atoms with Crippen LogP contribution in [0.1, 0.15) is 38.2 Å². The maximum absolute atomic E-state index is 14.3. The van der Waals surface area contributed by atoms with Gasteiger partial charge in [0.25, 0.3) is 0 Å². The number of nitrogens with zero attached hydrogens (tertiary/aromatic N) is 2. The van der Waals surface area contributed by atoms with Crippen molar-refractivity contribution in [2.75, 3.05) is 18.6 Å². The van der Waals surface area contributed by atoms with Gasteiger partial charge in [-0.15, -0.1) is 0 Å². The Morgan fingerprint density at radius 3 is 2.48 bits per heavy atom. The summed E-state index contributed by atoms with van der Waals surface area (Å²) in [7, 11) is 1.47. The van der Waals surface area contributed by atoms with E-state index in [-0.39, 0.29) is 41.2 Å². The molecule has 208 valence electrons. The molecule has 0 bridgehead atoms. The van der Waals surface area contributed by atoms with Gasteiger partial charge in [0.2, 0.25) is 23.6 Å². The van der Waals surface area contributed by atoms with Crippen LogP contribution in [0, 0.1) is 34.9 Å². The Bertz CT molecular complexity index is 1520. The molecule has 8 nitrogen and oxygen atoms in total. The van der Waals surface area contributed by atoms with E-state index in [1.54, 1.807) is 26.0 Å². The Labute approximate surface area is 235 Å². The lowest BCUT2D eigenvalue weighted by Gasteiger charge is -2.49. The lowest BCUT2D eigenvalue weighted by Crippen LogP contribution is -2.48. The van der Waals surface area contributed by atoms with Crippen LogP contribution in [0.4, 0.5) is 10.1 Å². The van der Waals surface area contributed by atoms with Crippen molar-refractivity contribution >= 4 is 40.9 Å². The summed E-state index contributed by atoms with van der Waals surface area (Å²) in [6.07, 6.45) is 2.43. The minimum Gasteiger partial charge on any atom is -0.508 e. The first-order chi connectivity index (χ1) is 19.0. The predicted octanol–water partition coefficient (Wildman–Crippen LogP) is 4.44. The second-order valence-corrected chi connectivity index (χ2v) is 11.5. The van der Waals surface area contributed by atoms with Crippen molar-refractivity contribution in [3.8, 4) is 11.5 Å². The van der Waals surface area contributed by atoms with Crippen LogP contribution in [0.15, 0.2) is 48.0 Å². The van der Waals surface area contributed by atoms with Gasteiger partial charge in [-0.1, -0.05) is 29.3 Å². The van der Waals surface area contributed by atoms with Gasteiger partial charge in [0, 0.05) is 24.1 Å². The highest BCUT2D eigenvalue weighted by molar-refractivity contribution is 6.31. The van der Waals surface area contributed by atoms with Gasteiger partial charge < -0.3 is 9.84 Å². The number of phenolic OH excluding ortho intramolecular Hbond substituents is 1. The average Bonchev–Trinajstić information content (AvgIpc) is 3.29. The monoisotopic (exact) mass is 566 g/mol. The summed E-state index contributed by atoms with van der Waals surface area (Å²) in [4.78, 5) is 57.3. The Morgan fingerprint density at radius 1 is 1.07 bits per heavy atom. The zero-order valence-electron chi connectivity index (χ0n) is 22.2. The molecule has 2 aliphatic heterocycles. The fourth-order valence-electron chi connectivity index (χ4n) is 7.50. The molecule has 1 saturated carbocycles. The number of ether oxygens (including phenoxy) is 1. The minimum absolute atomic E-state index is 0.111. The van der Waals surface area contributed by atoms with Crippen molar-refractivity contribution in [2.45, 2.75) is 32.6 Å². The van der Waals surface area contributed by atoms with Crippen molar-refractivity contribution in [1.82, 2.24) is 4.90 Å². The van der Waals surface area contributed by atoms with E-state index in [1.807, 2.05) is 6.08 Å². The maximum atomic E-state index is 14.3. The number of aromatic hydroxyl groups is 1. The number of benzene rings is 2. The normalized spacial score (nSPS) is 31.2. The third-order valence-corrected chi connectivity index (χ3v) is 9.68. The Kier molecular flexibility index (Phi) is 6.07. The zero-order valence-corrected chi connectivity index (χ0v) is 22.9. The highest BCUT2D eigenvalue weighted by Gasteiger charge is 2.67. The molecule has 6 atom stereocenters. The second kappa shape index (κ2) is 9.16. The number of hydrogen-bond acceptors (Lipinski definition) is 6. The predicted molar refractivity (Wildman–Crippen MR) is 143 cm³/mol. The summed E-state index contributed by atoms with van der Waals surface area (Å²) in [5.41, 5.74) is -0.00421. The van der Waals surface area contributed by atoms with Gasteiger partial charge in [0.1, 0.15) is 17.3 Å². The number of halogens is 2. The Balaban J connectivity index is 1.54. The van der Waals surface area contributed by atoms with E-state index in [4.69, 9.17) is 16.3 Å². The number of rotatable bonds is 4. The Morgan fingerprint density at radius 2 is 1.82 bits per heavy atom. The molecule has 0 spiro atoms. The van der Waals surface area contributed by atoms with Gasteiger partial charge in [0.05, 0.1) is 41.0 Å². The fourth-order valence-corrected chi connectivity index (χ4v) is 7.68. The van der Waals surface area contributed by atoms with Crippen LogP contribution in [-0.2, 0) is 19.2 Å². The number of likely N-dealkylation sites (tertiary alicyclic amines) is 1. The van der Waals surface area contributed by atoms with Crippen LogP contribution < -0.4 is 9.64 Å². The van der Waals surface area contributed by atoms with Crippen molar-refractivity contribution < 1.29 is 33.4 Å². The van der Waals surface area contributed by atoms with Gasteiger partial charge in [-0.2, -0.15) is 0 Å². The summed E-state index contributed by atoms with van der Waals surface area (Å²) in [6, 6.07) is 8.47. The van der Waals surface area contributed by atoms with E-state index in [0.29, 0.717) is 17.7 Å². The first-order valence-corrected chi connectivity index (χ1v) is 13.7. The molecule has 2 aromatic carbocycles. The number of carbonyl (C=O) groups is 4. The molecule has 40 heavy (non-hydrogen) atoms. The van der Waals surface area contributed by atoms with Crippen LogP contribution in [-0.4, -0.2) is 47.3 Å². The van der Waals surface area contributed by atoms with E-state index in [9.17, 15) is 28.7 Å². The third-order valence-electron chi connectivity index (χ3n) is 9.39. The smallest absolute Gasteiger partial charge is 0.241 e. The van der Waals surface area contributed by atoms with Crippen LogP contribution in [0.3, 0.4) is 0 Å². The largest absolute Gasteiger partial charge is 0.508 e. The maximum Gasteiger partial charge on any atom is 0.241 e. The SMILES string of the molecule is CCN1C(=O)C2CC=C3C(CC4C(=O)N(c5ccc(F)c(Cl)c5)C(=O)C4(C)C3c3ccc(OC)cc3O)C2C1=O. The van der Waals surface area contributed by atoms with Crippen molar-refractivity contribution in [3.05, 3.63) is 64.5 Å². The number of carbonyl (C=O) groups excluding carboxylic acids is 4. The lowest BCUT2D eigenvalue weighted by molar-refractivity contribution is -0.140.